The van der Waals surface area contributed by atoms with Crippen LogP contribution in [0.5, 0.6) is 6.01 Å². The number of hydrogen-bond acceptors (Lipinski definition) is 8. The molecule has 3 aliphatic rings. The third-order valence-corrected chi connectivity index (χ3v) is 9.37. The van der Waals surface area contributed by atoms with E-state index in [1.54, 1.807) is 4.90 Å². The molecule has 10 nitrogen and oxygen atoms in total. The van der Waals surface area contributed by atoms with Crippen LogP contribution in [0.2, 0.25) is 5.02 Å². The Morgan fingerprint density at radius 1 is 1.14 bits per heavy atom. The summed E-state index contributed by atoms with van der Waals surface area (Å²) in [5.41, 5.74) is 8.96. The molecule has 4 heterocycles. The molecule has 0 bridgehead atoms. The Labute approximate surface area is 263 Å². The van der Waals surface area contributed by atoms with E-state index >= 15 is 0 Å². The van der Waals surface area contributed by atoms with Crippen molar-refractivity contribution in [3.05, 3.63) is 76.8 Å². The molecule has 2 aromatic carbocycles. The number of ether oxygens (including phenoxy) is 1. The molecule has 2 fully saturated rings. The highest BCUT2D eigenvalue weighted by molar-refractivity contribution is 6.36. The molecule has 3 aromatic rings. The maximum atomic E-state index is 12.6. The van der Waals surface area contributed by atoms with E-state index in [9.17, 15) is 4.79 Å². The largest absolute Gasteiger partial charge is 0.462 e. The van der Waals surface area contributed by atoms with Crippen LogP contribution in [-0.2, 0) is 17.8 Å². The summed E-state index contributed by atoms with van der Waals surface area (Å²) in [6.07, 6.45) is 4.27. The van der Waals surface area contributed by atoms with E-state index in [-0.39, 0.29) is 24.5 Å². The Kier molecular flexibility index (Phi) is 9.17. The number of benzene rings is 2. The normalized spacial score (nSPS) is 20.4. The van der Waals surface area contributed by atoms with Crippen LogP contribution in [0.1, 0.15) is 24.1 Å². The molecule has 0 spiro atoms. The van der Waals surface area contributed by atoms with Gasteiger partial charge < -0.3 is 30.0 Å². The summed E-state index contributed by atoms with van der Waals surface area (Å²) in [5.74, 6) is 0.696. The summed E-state index contributed by atoms with van der Waals surface area (Å²) >= 11 is 6.71. The van der Waals surface area contributed by atoms with E-state index < -0.39 is 0 Å². The lowest BCUT2D eigenvalue weighted by atomic mass is 10.0. The molecule has 230 valence electrons. The number of nitrogens with zero attached hydrogens (tertiary/aromatic N) is 7. The van der Waals surface area contributed by atoms with Crippen molar-refractivity contribution in [2.75, 3.05) is 68.8 Å². The highest BCUT2D eigenvalue weighted by Crippen LogP contribution is 2.37. The molecule has 3 aliphatic heterocycles. The number of amides is 1. The zero-order valence-corrected chi connectivity index (χ0v) is 25.8. The van der Waals surface area contributed by atoms with Gasteiger partial charge in [0, 0.05) is 61.9 Å². The number of halogens is 1. The van der Waals surface area contributed by atoms with Crippen molar-refractivity contribution in [1.29, 1.82) is 0 Å². The Morgan fingerprint density at radius 3 is 2.77 bits per heavy atom. The summed E-state index contributed by atoms with van der Waals surface area (Å²) in [5, 5.41) is 2.87. The molecule has 2 saturated heterocycles. The quantitative estimate of drug-likeness (QED) is 0.288. The predicted octanol–water partition coefficient (Wildman–Crippen LogP) is 3.77. The predicted molar refractivity (Wildman–Crippen MR) is 174 cm³/mol. The van der Waals surface area contributed by atoms with Gasteiger partial charge in [-0.2, -0.15) is 9.97 Å². The summed E-state index contributed by atoms with van der Waals surface area (Å²) < 4.78 is 6.35. The molecule has 0 saturated carbocycles. The molecule has 11 heteroatoms. The van der Waals surface area contributed by atoms with Crippen LogP contribution >= 0.6 is 11.6 Å². The first kappa shape index (κ1) is 30.1. The second-order valence-electron chi connectivity index (χ2n) is 11.6. The maximum absolute atomic E-state index is 12.6. The van der Waals surface area contributed by atoms with Gasteiger partial charge in [-0.25, -0.2) is 6.57 Å². The molecule has 44 heavy (non-hydrogen) atoms. The Morgan fingerprint density at radius 2 is 1.98 bits per heavy atom. The van der Waals surface area contributed by atoms with Crippen molar-refractivity contribution in [3.8, 4) is 6.01 Å². The van der Waals surface area contributed by atoms with Gasteiger partial charge in [0.25, 0.3) is 0 Å². The fraction of sp³-hybridized carbons (Fsp3) is 0.455. The van der Waals surface area contributed by atoms with Crippen LogP contribution in [0.3, 0.4) is 0 Å². The number of piperazine rings is 1. The fourth-order valence-corrected chi connectivity index (χ4v) is 7.17. The smallest absolute Gasteiger partial charge is 0.318 e. The molecule has 0 radical (unpaired) electrons. The molecule has 2 N–H and O–H groups in total. The highest BCUT2D eigenvalue weighted by Gasteiger charge is 2.35. The SMILES string of the molecule is [C-]#[N+]C[C@H]1CN(c2nc(OC[C@@H]3CCCN3CCN)nc3c2CCN(c2cccc4cccc(Cl)c24)C3)CCN1C(=O)C=C. The zero-order chi connectivity index (χ0) is 30.6. The molecule has 0 aliphatic carbocycles. The number of carbonyl (C=O) groups is 1. The number of rotatable bonds is 9. The van der Waals surface area contributed by atoms with Crippen molar-refractivity contribution in [2.45, 2.75) is 37.9 Å². The average Bonchev–Trinajstić information content (AvgIpc) is 3.50. The lowest BCUT2D eigenvalue weighted by Crippen LogP contribution is -2.56. The third kappa shape index (κ3) is 6.05. The molecule has 1 amide bonds. The fourth-order valence-electron chi connectivity index (χ4n) is 6.89. The van der Waals surface area contributed by atoms with Gasteiger partial charge in [0.1, 0.15) is 18.5 Å². The zero-order valence-electron chi connectivity index (χ0n) is 25.0. The molecule has 2 atom stereocenters. The standard InChI is InChI=1S/C33H39ClN8O2/c1-3-30(43)42-18-17-41(20-25(42)19-36-2)32-26-12-15-40(29-11-5-8-23-7-4-10-27(34)31(23)29)21-28(26)37-33(38-32)44-22-24-9-6-14-39(24)16-13-35/h3-5,7-8,10-11,24-25H,1,6,9,12-22,35H2/t24-,25-/m0/s1. The van der Waals surface area contributed by atoms with E-state index in [4.69, 9.17) is 38.6 Å². The van der Waals surface area contributed by atoms with Crippen LogP contribution < -0.4 is 20.3 Å². The van der Waals surface area contributed by atoms with Crippen LogP contribution in [-0.4, -0.2) is 96.7 Å². The van der Waals surface area contributed by atoms with Gasteiger partial charge in [0.2, 0.25) is 12.5 Å². The number of nitrogens with two attached hydrogens (primary N) is 1. The summed E-state index contributed by atoms with van der Waals surface area (Å²) in [4.78, 5) is 34.9. The summed E-state index contributed by atoms with van der Waals surface area (Å²) in [6.45, 7) is 17.4. The monoisotopic (exact) mass is 614 g/mol. The number of carbonyl (C=O) groups excluding carboxylic acids is 1. The van der Waals surface area contributed by atoms with Gasteiger partial charge in [-0.15, -0.1) is 0 Å². The van der Waals surface area contributed by atoms with E-state index in [2.05, 4.69) is 50.4 Å². The Balaban J connectivity index is 1.33. The van der Waals surface area contributed by atoms with Crippen molar-refractivity contribution in [2.24, 2.45) is 5.73 Å². The molecular formula is C33H39ClN8O2. The molecule has 6 rings (SSSR count). The molecule has 1 aromatic heterocycles. The van der Waals surface area contributed by atoms with Crippen molar-refractivity contribution >= 4 is 39.8 Å². The maximum Gasteiger partial charge on any atom is 0.318 e. The van der Waals surface area contributed by atoms with Crippen LogP contribution in [0, 0.1) is 6.57 Å². The van der Waals surface area contributed by atoms with E-state index in [0.29, 0.717) is 45.3 Å². The van der Waals surface area contributed by atoms with Crippen molar-refractivity contribution < 1.29 is 9.53 Å². The van der Waals surface area contributed by atoms with Crippen molar-refractivity contribution in [1.82, 2.24) is 19.8 Å². The van der Waals surface area contributed by atoms with Crippen LogP contribution in [0.25, 0.3) is 15.6 Å². The van der Waals surface area contributed by atoms with E-state index in [1.165, 1.54) is 6.08 Å². The number of anilines is 2. The number of fused-ring (bicyclic) bond motifs is 2. The van der Waals surface area contributed by atoms with E-state index in [0.717, 1.165) is 77.5 Å². The van der Waals surface area contributed by atoms with Gasteiger partial charge in [0.15, 0.2) is 0 Å². The minimum Gasteiger partial charge on any atom is -0.462 e. The van der Waals surface area contributed by atoms with Gasteiger partial charge in [-0.05, 0) is 49.4 Å². The number of hydrogen-bond donors (Lipinski definition) is 1. The minimum absolute atomic E-state index is 0.143. The lowest BCUT2D eigenvalue weighted by Gasteiger charge is -2.41. The average molecular weight is 615 g/mol. The van der Waals surface area contributed by atoms with Gasteiger partial charge in [-0.1, -0.05) is 42.4 Å². The lowest BCUT2D eigenvalue weighted by molar-refractivity contribution is -0.128. The Bertz CT molecular complexity index is 1570. The number of likely N-dealkylation sites (tertiary alicyclic amines) is 1. The first-order valence-corrected chi connectivity index (χ1v) is 15.8. The third-order valence-electron chi connectivity index (χ3n) is 9.06. The van der Waals surface area contributed by atoms with Crippen molar-refractivity contribution in [3.63, 3.8) is 0 Å². The van der Waals surface area contributed by atoms with Crippen LogP contribution in [0.15, 0.2) is 49.1 Å². The topological polar surface area (TPSA) is 95.4 Å². The van der Waals surface area contributed by atoms with Gasteiger partial charge in [0.05, 0.1) is 17.3 Å². The summed E-state index contributed by atoms with van der Waals surface area (Å²) in [6, 6.07) is 12.7. The minimum atomic E-state index is -0.247. The number of aromatic nitrogens is 2. The second kappa shape index (κ2) is 13.4. The molecular weight excluding hydrogens is 576 g/mol. The van der Waals surface area contributed by atoms with Crippen LogP contribution in [0.4, 0.5) is 11.5 Å². The van der Waals surface area contributed by atoms with Gasteiger partial charge >= 0.3 is 6.01 Å². The Hall–Kier alpha value is -3.91. The van der Waals surface area contributed by atoms with E-state index in [1.807, 2.05) is 12.1 Å². The molecule has 0 unspecified atom stereocenters. The van der Waals surface area contributed by atoms with Gasteiger partial charge in [-0.3, -0.25) is 9.69 Å². The first-order valence-electron chi connectivity index (χ1n) is 15.4. The first-order chi connectivity index (χ1) is 21.5. The highest BCUT2D eigenvalue weighted by atomic mass is 35.5. The summed E-state index contributed by atoms with van der Waals surface area (Å²) in [7, 11) is 0. The second-order valence-corrected chi connectivity index (χ2v) is 12.1.